The van der Waals surface area contributed by atoms with Crippen molar-refractivity contribution in [1.82, 2.24) is 0 Å². The van der Waals surface area contributed by atoms with Gasteiger partial charge >= 0.3 is 122 Å². The molecule has 2 nitrogen and oxygen atoms in total. The van der Waals surface area contributed by atoms with Crippen molar-refractivity contribution in [3.8, 4) is 5.75 Å². The number of rotatable bonds is 1. The molecule has 0 spiro atoms. The minimum absolute atomic E-state index is 0.145. The van der Waals surface area contributed by atoms with Crippen molar-refractivity contribution in [3.63, 3.8) is 0 Å². The number of aryl methyl sites for hydroxylation is 1. The Balaban J connectivity index is 2.18. The fourth-order valence-electron chi connectivity index (χ4n) is 2.46. The second-order valence-corrected chi connectivity index (χ2v) is 7.57. The number of esters is 1. The molecular formula is C15H11HgO2. The van der Waals surface area contributed by atoms with Crippen molar-refractivity contribution in [2.24, 2.45) is 0 Å². The second kappa shape index (κ2) is 4.50. The third-order valence-corrected chi connectivity index (χ3v) is 5.26. The molecule has 2 aromatic carbocycles. The van der Waals surface area contributed by atoms with Gasteiger partial charge in [0.1, 0.15) is 0 Å². The maximum absolute atomic E-state index is 12.1. The zero-order valence-electron chi connectivity index (χ0n) is 10.1. The van der Waals surface area contributed by atoms with Crippen molar-refractivity contribution in [3.05, 3.63) is 59.2 Å². The van der Waals surface area contributed by atoms with Crippen LogP contribution in [0.2, 0.25) is 0 Å². The van der Waals surface area contributed by atoms with E-state index in [9.17, 15) is 4.79 Å². The molecule has 18 heavy (non-hydrogen) atoms. The van der Waals surface area contributed by atoms with E-state index in [1.807, 2.05) is 30.3 Å². The third kappa shape index (κ3) is 1.89. The van der Waals surface area contributed by atoms with Crippen LogP contribution in [0.5, 0.6) is 5.75 Å². The SMILES string of the molecule is Cc1c[c]([Hg])c2c(c1)C(c1ccccc1)C(=O)O2. The normalized spacial score (nSPS) is 17.5. The summed E-state index contributed by atoms with van der Waals surface area (Å²) in [5.74, 6) is 0.430. The second-order valence-electron chi connectivity index (χ2n) is 4.61. The topological polar surface area (TPSA) is 26.3 Å². The van der Waals surface area contributed by atoms with E-state index in [1.165, 1.54) is 8.64 Å². The van der Waals surface area contributed by atoms with Gasteiger partial charge in [-0.25, -0.2) is 0 Å². The monoisotopic (exact) mass is 425 g/mol. The van der Waals surface area contributed by atoms with E-state index >= 15 is 0 Å². The average Bonchev–Trinajstić information content (AvgIpc) is 2.67. The average molecular weight is 424 g/mol. The first-order chi connectivity index (χ1) is 8.66. The predicted molar refractivity (Wildman–Crippen MR) is 64.7 cm³/mol. The molecule has 1 aliphatic heterocycles. The van der Waals surface area contributed by atoms with Crippen molar-refractivity contribution in [2.45, 2.75) is 12.8 Å². The van der Waals surface area contributed by atoms with Gasteiger partial charge in [0, 0.05) is 0 Å². The van der Waals surface area contributed by atoms with Gasteiger partial charge in [0.25, 0.3) is 0 Å². The molecule has 0 N–H and O–H groups in total. The molecule has 1 atom stereocenters. The summed E-state index contributed by atoms with van der Waals surface area (Å²) in [7, 11) is 0. The van der Waals surface area contributed by atoms with E-state index in [1.54, 1.807) is 0 Å². The third-order valence-electron chi connectivity index (χ3n) is 3.22. The molecule has 0 bridgehead atoms. The van der Waals surface area contributed by atoms with Crippen LogP contribution in [0.4, 0.5) is 0 Å². The Labute approximate surface area is 122 Å². The first-order valence-electron chi connectivity index (χ1n) is 5.90. The number of ether oxygens (including phenoxy) is 1. The van der Waals surface area contributed by atoms with E-state index in [4.69, 9.17) is 4.74 Å². The van der Waals surface area contributed by atoms with Gasteiger partial charge in [0.15, 0.2) is 0 Å². The molecule has 0 saturated heterocycles. The molecule has 3 heteroatoms. The predicted octanol–water partition coefficient (Wildman–Crippen LogP) is 2.22. The van der Waals surface area contributed by atoms with Crippen LogP contribution in [0.1, 0.15) is 22.6 Å². The van der Waals surface area contributed by atoms with Gasteiger partial charge in [-0.3, -0.25) is 0 Å². The van der Waals surface area contributed by atoms with E-state index in [-0.39, 0.29) is 11.9 Å². The molecule has 85 valence electrons. The molecule has 0 amide bonds. The summed E-state index contributed by atoms with van der Waals surface area (Å²) in [5, 5.41) is 0. The summed E-state index contributed by atoms with van der Waals surface area (Å²) in [6.45, 7) is 2.07. The molecule has 1 heterocycles. The van der Waals surface area contributed by atoms with Crippen LogP contribution in [-0.4, -0.2) is 5.97 Å². The van der Waals surface area contributed by atoms with Gasteiger partial charge in [-0.15, -0.1) is 0 Å². The Morgan fingerprint density at radius 1 is 1.17 bits per heavy atom. The summed E-state index contributed by atoms with van der Waals surface area (Å²) in [6, 6.07) is 14.1. The van der Waals surface area contributed by atoms with Gasteiger partial charge in [-0.2, -0.15) is 0 Å². The van der Waals surface area contributed by atoms with E-state index in [2.05, 4.69) is 19.1 Å². The van der Waals surface area contributed by atoms with Crippen LogP contribution in [-0.2, 0) is 30.9 Å². The number of carbonyl (C=O) groups is 1. The zero-order chi connectivity index (χ0) is 12.7. The number of hydrogen-bond donors (Lipinski definition) is 0. The first-order valence-corrected chi connectivity index (χ1v) is 8.65. The quantitative estimate of drug-likeness (QED) is 0.399. The summed E-state index contributed by atoms with van der Waals surface area (Å²) < 4.78 is 6.69. The van der Waals surface area contributed by atoms with Crippen molar-refractivity contribution in [2.75, 3.05) is 0 Å². The van der Waals surface area contributed by atoms with Gasteiger partial charge in [-0.05, 0) is 0 Å². The van der Waals surface area contributed by atoms with Crippen LogP contribution >= 0.6 is 0 Å². The molecule has 0 aliphatic carbocycles. The van der Waals surface area contributed by atoms with Crippen LogP contribution < -0.4 is 7.81 Å². The summed E-state index contributed by atoms with van der Waals surface area (Å²) >= 11 is 0.454. The van der Waals surface area contributed by atoms with E-state index in [0.717, 1.165) is 16.9 Å². The van der Waals surface area contributed by atoms with Crippen LogP contribution in [0.15, 0.2) is 42.5 Å². The van der Waals surface area contributed by atoms with Crippen molar-refractivity contribution >= 4 is 9.04 Å². The molecule has 2 aromatic rings. The van der Waals surface area contributed by atoms with Crippen LogP contribution in [0, 0.1) is 6.92 Å². The maximum atomic E-state index is 12.1. The van der Waals surface area contributed by atoms with Gasteiger partial charge in [0.05, 0.1) is 0 Å². The van der Waals surface area contributed by atoms with Crippen LogP contribution in [0.3, 0.4) is 0 Å². The Bertz CT molecular complexity index is 620. The fourth-order valence-corrected chi connectivity index (χ4v) is 4.79. The molecule has 3 rings (SSSR count). The van der Waals surface area contributed by atoms with Crippen molar-refractivity contribution < 1.29 is 35.7 Å². The standard InChI is InChI=1S/C15H11O2.Hg/c1-10-7-8-13-12(9-10)14(15(16)17-13)11-5-3-2-4-6-11;/h2-7,9,14H,1H3;. The first kappa shape index (κ1) is 11.9. The van der Waals surface area contributed by atoms with Crippen LogP contribution in [0.25, 0.3) is 0 Å². The van der Waals surface area contributed by atoms with Gasteiger partial charge < -0.3 is 0 Å². The Hall–Kier alpha value is -1.15. The molecule has 1 unspecified atom stereocenters. The molecule has 0 radical (unpaired) electrons. The summed E-state index contributed by atoms with van der Waals surface area (Å²) in [4.78, 5) is 12.1. The molecular weight excluding hydrogens is 413 g/mol. The molecule has 0 saturated carbocycles. The Morgan fingerprint density at radius 3 is 2.61 bits per heavy atom. The molecule has 1 aliphatic rings. The number of carbonyl (C=O) groups excluding carboxylic acids is 1. The summed E-state index contributed by atoms with van der Waals surface area (Å²) in [5.41, 5.74) is 3.26. The summed E-state index contributed by atoms with van der Waals surface area (Å²) in [6.07, 6.45) is 0. The molecule has 0 aromatic heterocycles. The number of fused-ring (bicyclic) bond motifs is 1. The number of hydrogen-bond acceptors (Lipinski definition) is 2. The zero-order valence-corrected chi connectivity index (χ0v) is 15.6. The van der Waals surface area contributed by atoms with Gasteiger partial charge in [0.2, 0.25) is 0 Å². The fraction of sp³-hybridized carbons (Fsp3) is 0.133. The Kier molecular flexibility index (Phi) is 2.98. The van der Waals surface area contributed by atoms with E-state index < -0.39 is 0 Å². The van der Waals surface area contributed by atoms with Crippen molar-refractivity contribution in [1.29, 1.82) is 0 Å². The van der Waals surface area contributed by atoms with Gasteiger partial charge in [-0.1, -0.05) is 0 Å². The Morgan fingerprint density at radius 2 is 1.89 bits per heavy atom. The molecule has 0 fully saturated rings. The minimum atomic E-state index is -0.247. The van der Waals surface area contributed by atoms with E-state index in [0.29, 0.717) is 26.1 Å². The number of benzene rings is 2.